The van der Waals surface area contributed by atoms with Crippen LogP contribution < -0.4 is 5.73 Å². The maximum atomic E-state index is 11.6. The van der Waals surface area contributed by atoms with E-state index in [2.05, 4.69) is 0 Å². The number of rotatable bonds is 5. The standard InChI is InChI=1S/C10H20N2O3/c1-7(11)5-6-8(13)12(4)10(2,3)9(14)15/h7H,5-6,11H2,1-4H3,(H,14,15). The molecule has 0 aliphatic carbocycles. The minimum Gasteiger partial charge on any atom is -0.480 e. The van der Waals surface area contributed by atoms with Crippen LogP contribution in [-0.2, 0) is 9.59 Å². The first-order chi connectivity index (χ1) is 6.69. The molecule has 5 nitrogen and oxygen atoms in total. The topological polar surface area (TPSA) is 83.6 Å². The lowest BCUT2D eigenvalue weighted by Gasteiger charge is -2.31. The number of carbonyl (C=O) groups excluding carboxylic acids is 1. The van der Waals surface area contributed by atoms with E-state index in [1.165, 1.54) is 25.8 Å². The fourth-order valence-corrected chi connectivity index (χ4v) is 0.974. The Kier molecular flexibility index (Phi) is 4.74. The molecule has 0 aliphatic rings. The summed E-state index contributed by atoms with van der Waals surface area (Å²) < 4.78 is 0. The van der Waals surface area contributed by atoms with Gasteiger partial charge in [-0.3, -0.25) is 4.79 Å². The zero-order chi connectivity index (χ0) is 12.2. The Balaban J connectivity index is 4.38. The molecule has 15 heavy (non-hydrogen) atoms. The molecule has 0 spiro atoms. The molecule has 3 N–H and O–H groups in total. The Hall–Kier alpha value is -1.10. The highest BCUT2D eigenvalue weighted by Crippen LogP contribution is 2.14. The van der Waals surface area contributed by atoms with Gasteiger partial charge in [0.2, 0.25) is 5.91 Å². The zero-order valence-electron chi connectivity index (χ0n) is 9.78. The van der Waals surface area contributed by atoms with Crippen LogP contribution in [0, 0.1) is 0 Å². The van der Waals surface area contributed by atoms with E-state index in [-0.39, 0.29) is 18.4 Å². The van der Waals surface area contributed by atoms with Crippen molar-refractivity contribution in [3.05, 3.63) is 0 Å². The van der Waals surface area contributed by atoms with Crippen LogP contribution in [0.15, 0.2) is 0 Å². The highest BCUT2D eigenvalue weighted by atomic mass is 16.4. The van der Waals surface area contributed by atoms with Crippen LogP contribution in [-0.4, -0.2) is 40.5 Å². The molecule has 1 unspecified atom stereocenters. The van der Waals surface area contributed by atoms with Gasteiger partial charge in [-0.25, -0.2) is 4.79 Å². The summed E-state index contributed by atoms with van der Waals surface area (Å²) in [7, 11) is 1.50. The van der Waals surface area contributed by atoms with Gasteiger partial charge in [0.05, 0.1) is 0 Å². The first-order valence-corrected chi connectivity index (χ1v) is 4.95. The second kappa shape index (κ2) is 5.11. The monoisotopic (exact) mass is 216 g/mol. The molecule has 0 aromatic rings. The molecule has 0 bridgehead atoms. The van der Waals surface area contributed by atoms with E-state index in [1.807, 2.05) is 6.92 Å². The summed E-state index contributed by atoms with van der Waals surface area (Å²) in [4.78, 5) is 23.7. The average molecular weight is 216 g/mol. The van der Waals surface area contributed by atoms with Crippen LogP contribution >= 0.6 is 0 Å². The van der Waals surface area contributed by atoms with Crippen molar-refractivity contribution in [1.82, 2.24) is 4.90 Å². The molecule has 0 saturated heterocycles. The van der Waals surface area contributed by atoms with Gasteiger partial charge >= 0.3 is 5.97 Å². The summed E-state index contributed by atoms with van der Waals surface area (Å²) in [5.41, 5.74) is 4.35. The molecule has 0 aromatic carbocycles. The molecular weight excluding hydrogens is 196 g/mol. The molecule has 5 heteroatoms. The van der Waals surface area contributed by atoms with E-state index in [0.29, 0.717) is 6.42 Å². The SMILES string of the molecule is CC(N)CCC(=O)N(C)C(C)(C)C(=O)O. The maximum Gasteiger partial charge on any atom is 0.329 e. The van der Waals surface area contributed by atoms with Gasteiger partial charge in [0, 0.05) is 19.5 Å². The molecule has 0 aromatic heterocycles. The van der Waals surface area contributed by atoms with E-state index < -0.39 is 11.5 Å². The fraction of sp³-hybridized carbons (Fsp3) is 0.800. The van der Waals surface area contributed by atoms with Gasteiger partial charge in [-0.1, -0.05) is 0 Å². The number of carboxylic acids is 1. The number of carbonyl (C=O) groups is 2. The predicted octanol–water partition coefficient (Wildman–Crippen LogP) is 0.435. The fourth-order valence-electron chi connectivity index (χ4n) is 0.974. The lowest BCUT2D eigenvalue weighted by atomic mass is 10.0. The third-order valence-electron chi connectivity index (χ3n) is 2.55. The van der Waals surface area contributed by atoms with Crippen LogP contribution in [0.2, 0.25) is 0 Å². The predicted molar refractivity (Wildman–Crippen MR) is 57.4 cm³/mol. The molecular formula is C10H20N2O3. The van der Waals surface area contributed by atoms with Gasteiger partial charge in [-0.05, 0) is 27.2 Å². The van der Waals surface area contributed by atoms with Gasteiger partial charge in [0.25, 0.3) is 0 Å². The lowest BCUT2D eigenvalue weighted by molar-refractivity contribution is -0.155. The summed E-state index contributed by atoms with van der Waals surface area (Å²) in [6.07, 6.45) is 0.851. The van der Waals surface area contributed by atoms with Crippen molar-refractivity contribution in [2.45, 2.75) is 45.2 Å². The Morgan fingerprint density at radius 2 is 1.93 bits per heavy atom. The third kappa shape index (κ3) is 3.87. The summed E-state index contributed by atoms with van der Waals surface area (Å²) in [5.74, 6) is -1.21. The first-order valence-electron chi connectivity index (χ1n) is 4.95. The van der Waals surface area contributed by atoms with Crippen LogP contribution in [0.5, 0.6) is 0 Å². The number of hydrogen-bond donors (Lipinski definition) is 2. The van der Waals surface area contributed by atoms with E-state index >= 15 is 0 Å². The second-order valence-electron chi connectivity index (χ2n) is 4.33. The molecule has 0 rings (SSSR count). The van der Waals surface area contributed by atoms with Crippen molar-refractivity contribution in [2.24, 2.45) is 5.73 Å². The molecule has 0 aliphatic heterocycles. The van der Waals surface area contributed by atoms with Crippen molar-refractivity contribution < 1.29 is 14.7 Å². The quantitative estimate of drug-likeness (QED) is 0.698. The number of hydrogen-bond acceptors (Lipinski definition) is 3. The third-order valence-corrected chi connectivity index (χ3v) is 2.55. The summed E-state index contributed by atoms with van der Waals surface area (Å²) in [6.45, 7) is 4.81. The lowest BCUT2D eigenvalue weighted by Crippen LogP contribution is -2.50. The normalized spacial score (nSPS) is 13.4. The zero-order valence-corrected chi connectivity index (χ0v) is 9.78. The molecule has 0 heterocycles. The Bertz CT molecular complexity index is 249. The van der Waals surface area contributed by atoms with Crippen LogP contribution in [0.1, 0.15) is 33.6 Å². The van der Waals surface area contributed by atoms with E-state index in [9.17, 15) is 9.59 Å². The molecule has 0 radical (unpaired) electrons. The van der Waals surface area contributed by atoms with Gasteiger partial charge in [0.15, 0.2) is 0 Å². The van der Waals surface area contributed by atoms with Gasteiger partial charge in [-0.15, -0.1) is 0 Å². The molecule has 0 fully saturated rings. The van der Waals surface area contributed by atoms with Crippen molar-refractivity contribution in [2.75, 3.05) is 7.05 Å². The van der Waals surface area contributed by atoms with Crippen molar-refractivity contribution in [1.29, 1.82) is 0 Å². The number of aliphatic carboxylic acids is 1. The van der Waals surface area contributed by atoms with Gasteiger partial charge in [-0.2, -0.15) is 0 Å². The van der Waals surface area contributed by atoms with Crippen LogP contribution in [0.4, 0.5) is 0 Å². The highest BCUT2D eigenvalue weighted by Gasteiger charge is 2.34. The second-order valence-corrected chi connectivity index (χ2v) is 4.33. The average Bonchev–Trinajstić information content (AvgIpc) is 2.12. The molecule has 0 saturated carbocycles. The summed E-state index contributed by atoms with van der Waals surface area (Å²) in [5, 5.41) is 8.92. The van der Waals surface area contributed by atoms with Crippen LogP contribution in [0.3, 0.4) is 0 Å². The summed E-state index contributed by atoms with van der Waals surface area (Å²) in [6, 6.07) is -0.0460. The molecule has 88 valence electrons. The Morgan fingerprint density at radius 1 is 1.47 bits per heavy atom. The van der Waals surface area contributed by atoms with E-state index in [4.69, 9.17) is 10.8 Å². The first kappa shape index (κ1) is 13.9. The van der Waals surface area contributed by atoms with Crippen molar-refractivity contribution in [3.8, 4) is 0 Å². The Labute approximate surface area is 90.2 Å². The number of amides is 1. The number of likely N-dealkylation sites (N-methyl/N-ethyl adjacent to an activating group) is 1. The number of nitrogens with zero attached hydrogens (tertiary/aromatic N) is 1. The number of carboxylic acid groups (broad SMARTS) is 1. The molecule has 1 atom stereocenters. The minimum absolute atomic E-state index is 0.0460. The highest BCUT2D eigenvalue weighted by molar-refractivity contribution is 5.86. The van der Waals surface area contributed by atoms with E-state index in [1.54, 1.807) is 0 Å². The van der Waals surface area contributed by atoms with Crippen molar-refractivity contribution >= 4 is 11.9 Å². The minimum atomic E-state index is -1.17. The Morgan fingerprint density at radius 3 is 2.27 bits per heavy atom. The smallest absolute Gasteiger partial charge is 0.329 e. The van der Waals surface area contributed by atoms with Crippen LogP contribution in [0.25, 0.3) is 0 Å². The van der Waals surface area contributed by atoms with Crippen molar-refractivity contribution in [3.63, 3.8) is 0 Å². The largest absolute Gasteiger partial charge is 0.480 e. The van der Waals surface area contributed by atoms with Gasteiger partial charge < -0.3 is 15.7 Å². The molecule has 1 amide bonds. The maximum absolute atomic E-state index is 11.6. The van der Waals surface area contributed by atoms with Gasteiger partial charge in [0.1, 0.15) is 5.54 Å². The summed E-state index contributed by atoms with van der Waals surface area (Å²) >= 11 is 0. The number of nitrogens with two attached hydrogens (primary N) is 1. The van der Waals surface area contributed by atoms with E-state index in [0.717, 1.165) is 0 Å².